The predicted octanol–water partition coefficient (Wildman–Crippen LogP) is 2.91. The fourth-order valence-corrected chi connectivity index (χ4v) is 3.24. The van der Waals surface area contributed by atoms with Crippen molar-refractivity contribution >= 4 is 27.3 Å². The highest BCUT2D eigenvalue weighted by Gasteiger charge is 2.19. The summed E-state index contributed by atoms with van der Waals surface area (Å²) in [7, 11) is -4.19. The Morgan fingerprint density at radius 1 is 1.10 bits per heavy atom. The van der Waals surface area contributed by atoms with Gasteiger partial charge in [-0.2, -0.15) is 0 Å². The minimum absolute atomic E-state index is 0.00863. The number of benzene rings is 2. The Labute approximate surface area is 125 Å². The molecule has 2 rings (SSSR count). The van der Waals surface area contributed by atoms with Crippen molar-refractivity contribution in [2.45, 2.75) is 11.5 Å². The van der Waals surface area contributed by atoms with Gasteiger partial charge in [0.25, 0.3) is 10.0 Å². The molecule has 0 aliphatic heterocycles. The van der Waals surface area contributed by atoms with E-state index < -0.39 is 33.2 Å². The summed E-state index contributed by atoms with van der Waals surface area (Å²) in [6.07, 6.45) is 0. The standard InChI is InChI=1S/C13H10ClF2NO3S/c14-9-3-11(16)5-12(4-9)17-21(19,20)13-6-10(15)2-1-8(13)7-18/h1-6,17-18H,7H2. The molecular weight excluding hydrogens is 324 g/mol. The van der Waals surface area contributed by atoms with Gasteiger partial charge in [0.05, 0.1) is 17.2 Å². The second-order valence-electron chi connectivity index (χ2n) is 4.17. The summed E-state index contributed by atoms with van der Waals surface area (Å²) in [6, 6.07) is 6.11. The molecule has 0 aliphatic carbocycles. The van der Waals surface area contributed by atoms with E-state index in [2.05, 4.69) is 4.72 Å². The molecule has 0 saturated carbocycles. The van der Waals surface area contributed by atoms with Crippen LogP contribution in [0.1, 0.15) is 5.56 Å². The van der Waals surface area contributed by atoms with Gasteiger partial charge < -0.3 is 5.11 Å². The zero-order chi connectivity index (χ0) is 15.6. The monoisotopic (exact) mass is 333 g/mol. The number of halogens is 3. The molecular formula is C13H10ClF2NO3S. The van der Waals surface area contributed by atoms with Crippen LogP contribution in [0.5, 0.6) is 0 Å². The van der Waals surface area contributed by atoms with Gasteiger partial charge in [-0.1, -0.05) is 17.7 Å². The van der Waals surface area contributed by atoms with Crippen LogP contribution in [0.15, 0.2) is 41.3 Å². The topological polar surface area (TPSA) is 66.4 Å². The van der Waals surface area contributed by atoms with E-state index in [0.29, 0.717) is 0 Å². The van der Waals surface area contributed by atoms with Crippen molar-refractivity contribution in [3.63, 3.8) is 0 Å². The summed E-state index contributed by atoms with van der Waals surface area (Å²) in [6.45, 7) is -0.583. The molecule has 0 aromatic heterocycles. The Kier molecular flexibility index (Phi) is 4.46. The second kappa shape index (κ2) is 5.97. The highest BCUT2D eigenvalue weighted by Crippen LogP contribution is 2.24. The first-order valence-corrected chi connectivity index (χ1v) is 7.56. The van der Waals surface area contributed by atoms with Gasteiger partial charge in [-0.15, -0.1) is 0 Å². The smallest absolute Gasteiger partial charge is 0.262 e. The van der Waals surface area contributed by atoms with Gasteiger partial charge in [-0.3, -0.25) is 4.72 Å². The summed E-state index contributed by atoms with van der Waals surface area (Å²) in [5.74, 6) is -1.49. The van der Waals surface area contributed by atoms with Gasteiger partial charge in [0.1, 0.15) is 11.6 Å². The van der Waals surface area contributed by atoms with Gasteiger partial charge in [-0.25, -0.2) is 17.2 Å². The summed E-state index contributed by atoms with van der Waals surface area (Å²) < 4.78 is 52.9. The molecule has 2 aromatic carbocycles. The summed E-state index contributed by atoms with van der Waals surface area (Å²) in [5, 5.41) is 9.14. The number of nitrogens with one attached hydrogen (secondary N) is 1. The Morgan fingerprint density at radius 2 is 1.81 bits per heavy atom. The Bertz CT molecular complexity index is 761. The molecule has 4 nitrogen and oxygen atoms in total. The van der Waals surface area contributed by atoms with Gasteiger partial charge in [0.2, 0.25) is 0 Å². The number of rotatable bonds is 4. The van der Waals surface area contributed by atoms with Crippen molar-refractivity contribution in [1.82, 2.24) is 0 Å². The van der Waals surface area contributed by atoms with Crippen molar-refractivity contribution < 1.29 is 22.3 Å². The molecule has 0 radical (unpaired) electrons. The first-order chi connectivity index (χ1) is 9.81. The molecule has 0 amide bonds. The summed E-state index contributed by atoms with van der Waals surface area (Å²) >= 11 is 5.63. The minimum Gasteiger partial charge on any atom is -0.392 e. The SMILES string of the molecule is O=S(=O)(Nc1cc(F)cc(Cl)c1)c1cc(F)ccc1CO. The van der Waals surface area contributed by atoms with Crippen molar-refractivity contribution in [1.29, 1.82) is 0 Å². The van der Waals surface area contributed by atoms with Crippen molar-refractivity contribution in [3.05, 3.63) is 58.6 Å². The average Bonchev–Trinajstić information content (AvgIpc) is 2.36. The third kappa shape index (κ3) is 3.69. The lowest BCUT2D eigenvalue weighted by Crippen LogP contribution is -2.15. The molecule has 2 aromatic rings. The van der Waals surface area contributed by atoms with Crippen LogP contribution in [0.25, 0.3) is 0 Å². The number of anilines is 1. The van der Waals surface area contributed by atoms with Gasteiger partial charge >= 0.3 is 0 Å². The number of aliphatic hydroxyl groups excluding tert-OH is 1. The van der Waals surface area contributed by atoms with Crippen LogP contribution in [0.2, 0.25) is 5.02 Å². The molecule has 0 fully saturated rings. The van der Waals surface area contributed by atoms with Crippen LogP contribution in [0.3, 0.4) is 0 Å². The van der Waals surface area contributed by atoms with Gasteiger partial charge in [0, 0.05) is 5.02 Å². The van der Waals surface area contributed by atoms with Crippen molar-refractivity contribution in [3.8, 4) is 0 Å². The zero-order valence-corrected chi connectivity index (χ0v) is 12.0. The second-order valence-corrected chi connectivity index (χ2v) is 6.26. The predicted molar refractivity (Wildman–Crippen MR) is 74.5 cm³/mol. The lowest BCUT2D eigenvalue weighted by atomic mass is 10.2. The normalized spacial score (nSPS) is 11.4. The van der Waals surface area contributed by atoms with Crippen LogP contribution in [0, 0.1) is 11.6 Å². The largest absolute Gasteiger partial charge is 0.392 e. The van der Waals surface area contributed by atoms with Crippen LogP contribution in [-0.4, -0.2) is 13.5 Å². The lowest BCUT2D eigenvalue weighted by Gasteiger charge is -2.11. The highest BCUT2D eigenvalue weighted by atomic mass is 35.5. The number of hydrogen-bond donors (Lipinski definition) is 2. The lowest BCUT2D eigenvalue weighted by molar-refractivity contribution is 0.278. The van der Waals surface area contributed by atoms with Crippen molar-refractivity contribution in [2.75, 3.05) is 4.72 Å². The molecule has 0 aliphatic rings. The van der Waals surface area contributed by atoms with E-state index in [4.69, 9.17) is 16.7 Å². The van der Waals surface area contributed by atoms with Crippen LogP contribution < -0.4 is 4.72 Å². The van der Waals surface area contributed by atoms with E-state index in [1.807, 2.05) is 0 Å². The molecule has 0 bridgehead atoms. The van der Waals surface area contributed by atoms with Gasteiger partial charge in [0.15, 0.2) is 0 Å². The molecule has 0 heterocycles. The van der Waals surface area contributed by atoms with E-state index in [9.17, 15) is 17.2 Å². The molecule has 8 heteroatoms. The van der Waals surface area contributed by atoms with Crippen LogP contribution >= 0.6 is 11.6 Å². The first kappa shape index (κ1) is 15.7. The Morgan fingerprint density at radius 3 is 2.43 bits per heavy atom. The summed E-state index contributed by atoms with van der Waals surface area (Å²) in [5.41, 5.74) is -0.0837. The molecule has 2 N–H and O–H groups in total. The quantitative estimate of drug-likeness (QED) is 0.904. The minimum atomic E-state index is -4.19. The third-order valence-electron chi connectivity index (χ3n) is 2.60. The highest BCUT2D eigenvalue weighted by molar-refractivity contribution is 7.92. The number of sulfonamides is 1. The maximum absolute atomic E-state index is 13.2. The third-order valence-corrected chi connectivity index (χ3v) is 4.29. The molecule has 112 valence electrons. The first-order valence-electron chi connectivity index (χ1n) is 5.70. The Balaban J connectivity index is 2.45. The van der Waals surface area contributed by atoms with E-state index >= 15 is 0 Å². The molecule has 0 atom stereocenters. The summed E-state index contributed by atoms with van der Waals surface area (Å²) in [4.78, 5) is -0.426. The van der Waals surface area contributed by atoms with Crippen LogP contribution in [-0.2, 0) is 16.6 Å². The van der Waals surface area contributed by atoms with E-state index in [0.717, 1.165) is 30.3 Å². The van der Waals surface area contributed by atoms with E-state index in [-0.39, 0.29) is 16.3 Å². The zero-order valence-electron chi connectivity index (χ0n) is 10.5. The number of aliphatic hydroxyl groups is 1. The molecule has 0 saturated heterocycles. The van der Waals surface area contributed by atoms with E-state index in [1.165, 1.54) is 6.07 Å². The van der Waals surface area contributed by atoms with Crippen molar-refractivity contribution in [2.24, 2.45) is 0 Å². The fourth-order valence-electron chi connectivity index (χ4n) is 1.73. The Hall–Kier alpha value is -1.70. The van der Waals surface area contributed by atoms with E-state index in [1.54, 1.807) is 0 Å². The maximum Gasteiger partial charge on any atom is 0.262 e. The number of hydrogen-bond acceptors (Lipinski definition) is 3. The molecule has 0 spiro atoms. The molecule has 0 unspecified atom stereocenters. The fraction of sp³-hybridized carbons (Fsp3) is 0.0769. The van der Waals surface area contributed by atoms with Gasteiger partial charge in [-0.05, 0) is 35.9 Å². The average molecular weight is 334 g/mol. The molecule has 21 heavy (non-hydrogen) atoms. The maximum atomic E-state index is 13.2. The van der Waals surface area contributed by atoms with Crippen LogP contribution in [0.4, 0.5) is 14.5 Å².